The number of aromatic amines is 1. The smallest absolute Gasteiger partial charge is 0.227 e. The molecule has 1 N–H and O–H groups in total. The van der Waals surface area contributed by atoms with Gasteiger partial charge in [0, 0.05) is 26.2 Å². The van der Waals surface area contributed by atoms with Crippen molar-refractivity contribution < 1.29 is 14.3 Å². The number of amides is 1. The second kappa shape index (κ2) is 8.53. The topological polar surface area (TPSA) is 70.7 Å². The molecule has 1 aliphatic rings. The number of nitrogens with one attached hydrogen (secondary N) is 1. The van der Waals surface area contributed by atoms with Crippen molar-refractivity contribution in [3.05, 3.63) is 53.9 Å². The van der Waals surface area contributed by atoms with Crippen LogP contribution < -0.4 is 9.47 Å². The lowest BCUT2D eigenvalue weighted by atomic mass is 10.1. The first-order valence-corrected chi connectivity index (χ1v) is 9.81. The SMILES string of the molecule is COc1ccc(CC(=O)N2CCN(Cc3nc4ccccc4[nH]3)CC2)cc1OC. The van der Waals surface area contributed by atoms with Crippen LogP contribution in [0.2, 0.25) is 0 Å². The van der Waals surface area contributed by atoms with E-state index in [0.29, 0.717) is 17.9 Å². The molecule has 0 bridgehead atoms. The summed E-state index contributed by atoms with van der Waals surface area (Å²) >= 11 is 0. The minimum Gasteiger partial charge on any atom is -0.493 e. The third kappa shape index (κ3) is 4.35. The molecule has 1 amide bonds. The van der Waals surface area contributed by atoms with Crippen LogP contribution in [0.25, 0.3) is 11.0 Å². The molecule has 152 valence electrons. The summed E-state index contributed by atoms with van der Waals surface area (Å²) in [5.74, 6) is 2.42. The number of nitrogens with zero attached hydrogens (tertiary/aromatic N) is 3. The van der Waals surface area contributed by atoms with E-state index in [0.717, 1.165) is 55.1 Å². The maximum atomic E-state index is 12.7. The maximum Gasteiger partial charge on any atom is 0.227 e. The van der Waals surface area contributed by atoms with Crippen molar-refractivity contribution in [2.45, 2.75) is 13.0 Å². The zero-order valence-corrected chi connectivity index (χ0v) is 16.9. The van der Waals surface area contributed by atoms with Crippen molar-refractivity contribution in [2.75, 3.05) is 40.4 Å². The maximum absolute atomic E-state index is 12.7. The molecule has 0 spiro atoms. The van der Waals surface area contributed by atoms with Crippen molar-refractivity contribution in [2.24, 2.45) is 0 Å². The molecule has 0 saturated carbocycles. The molecular formula is C22H26N4O3. The number of H-pyrrole nitrogens is 1. The predicted molar refractivity (Wildman–Crippen MR) is 111 cm³/mol. The number of methoxy groups -OCH3 is 2. The van der Waals surface area contributed by atoms with Crippen molar-refractivity contribution in [1.82, 2.24) is 19.8 Å². The molecule has 7 heteroatoms. The van der Waals surface area contributed by atoms with Gasteiger partial charge in [-0.25, -0.2) is 4.98 Å². The number of para-hydroxylation sites is 2. The van der Waals surface area contributed by atoms with Crippen molar-refractivity contribution in [1.29, 1.82) is 0 Å². The minimum atomic E-state index is 0.139. The molecule has 0 unspecified atom stereocenters. The van der Waals surface area contributed by atoms with Gasteiger partial charge in [-0.3, -0.25) is 9.69 Å². The standard InChI is InChI=1S/C22H26N4O3/c1-28-19-8-7-16(13-20(19)29-2)14-22(27)26-11-9-25(10-12-26)15-21-23-17-5-3-4-6-18(17)24-21/h3-8,13H,9-12,14-15H2,1-2H3,(H,23,24). The number of carbonyl (C=O) groups excluding carboxylic acids is 1. The summed E-state index contributed by atoms with van der Waals surface area (Å²) in [6.07, 6.45) is 0.365. The fourth-order valence-corrected chi connectivity index (χ4v) is 3.72. The van der Waals surface area contributed by atoms with E-state index in [9.17, 15) is 4.79 Å². The molecule has 1 aliphatic heterocycles. The van der Waals surface area contributed by atoms with Gasteiger partial charge in [0.25, 0.3) is 0 Å². The lowest BCUT2D eigenvalue weighted by Crippen LogP contribution is -2.48. The molecule has 7 nitrogen and oxygen atoms in total. The van der Waals surface area contributed by atoms with Gasteiger partial charge in [-0.1, -0.05) is 18.2 Å². The molecule has 2 heterocycles. The Balaban J connectivity index is 1.31. The normalized spacial score (nSPS) is 14.9. The lowest BCUT2D eigenvalue weighted by molar-refractivity contribution is -0.132. The second-order valence-corrected chi connectivity index (χ2v) is 7.22. The summed E-state index contributed by atoms with van der Waals surface area (Å²) in [5, 5.41) is 0. The van der Waals surface area contributed by atoms with E-state index >= 15 is 0 Å². The fourth-order valence-electron chi connectivity index (χ4n) is 3.72. The molecule has 29 heavy (non-hydrogen) atoms. The zero-order valence-electron chi connectivity index (χ0n) is 16.9. The monoisotopic (exact) mass is 394 g/mol. The Morgan fingerprint density at radius 3 is 2.52 bits per heavy atom. The first kappa shape index (κ1) is 19.3. The molecule has 2 aromatic carbocycles. The van der Waals surface area contributed by atoms with Crippen molar-refractivity contribution in [3.8, 4) is 11.5 Å². The van der Waals surface area contributed by atoms with Gasteiger partial charge in [-0.15, -0.1) is 0 Å². The number of hydrogen-bond acceptors (Lipinski definition) is 5. The summed E-state index contributed by atoms with van der Waals surface area (Å²) in [7, 11) is 3.21. The van der Waals surface area contributed by atoms with Gasteiger partial charge in [0.05, 0.1) is 38.2 Å². The Hall–Kier alpha value is -3.06. The quantitative estimate of drug-likeness (QED) is 0.696. The van der Waals surface area contributed by atoms with Gasteiger partial charge in [0.1, 0.15) is 5.82 Å². The fraction of sp³-hybridized carbons (Fsp3) is 0.364. The molecule has 1 aromatic heterocycles. The van der Waals surface area contributed by atoms with E-state index in [-0.39, 0.29) is 5.91 Å². The van der Waals surface area contributed by atoms with E-state index in [1.54, 1.807) is 14.2 Å². The van der Waals surface area contributed by atoms with E-state index in [1.165, 1.54) is 0 Å². The number of piperazine rings is 1. The Morgan fingerprint density at radius 1 is 1.03 bits per heavy atom. The Bertz CT molecular complexity index is 960. The van der Waals surface area contributed by atoms with Crippen LogP contribution in [0.1, 0.15) is 11.4 Å². The molecular weight excluding hydrogens is 368 g/mol. The molecule has 0 atom stereocenters. The third-order valence-electron chi connectivity index (χ3n) is 5.34. The first-order valence-electron chi connectivity index (χ1n) is 9.81. The average molecular weight is 394 g/mol. The van der Waals surface area contributed by atoms with Gasteiger partial charge in [-0.2, -0.15) is 0 Å². The Morgan fingerprint density at radius 2 is 1.79 bits per heavy atom. The van der Waals surface area contributed by atoms with E-state index in [1.807, 2.05) is 47.4 Å². The molecule has 3 aromatic rings. The third-order valence-corrected chi connectivity index (χ3v) is 5.34. The predicted octanol–water partition coefficient (Wildman–Crippen LogP) is 2.47. The molecule has 4 rings (SSSR count). The van der Waals surface area contributed by atoms with Crippen molar-refractivity contribution >= 4 is 16.9 Å². The highest BCUT2D eigenvalue weighted by molar-refractivity contribution is 5.79. The van der Waals surface area contributed by atoms with Gasteiger partial charge >= 0.3 is 0 Å². The Kier molecular flexibility index (Phi) is 5.67. The van der Waals surface area contributed by atoms with Gasteiger partial charge < -0.3 is 19.4 Å². The number of imidazole rings is 1. The van der Waals surface area contributed by atoms with Gasteiger partial charge in [0.2, 0.25) is 5.91 Å². The lowest BCUT2D eigenvalue weighted by Gasteiger charge is -2.34. The summed E-state index contributed by atoms with van der Waals surface area (Å²) in [6, 6.07) is 13.7. The molecule has 1 saturated heterocycles. The number of carbonyl (C=O) groups is 1. The highest BCUT2D eigenvalue weighted by Gasteiger charge is 2.22. The summed E-state index contributed by atoms with van der Waals surface area (Å²) in [5.41, 5.74) is 2.98. The highest BCUT2D eigenvalue weighted by atomic mass is 16.5. The van der Waals surface area contributed by atoms with Crippen LogP contribution in [-0.2, 0) is 17.8 Å². The molecule has 0 radical (unpaired) electrons. The molecule has 1 fully saturated rings. The van der Waals surface area contributed by atoms with Crippen LogP contribution in [0, 0.1) is 0 Å². The number of benzene rings is 2. The summed E-state index contributed by atoms with van der Waals surface area (Å²) < 4.78 is 10.6. The second-order valence-electron chi connectivity index (χ2n) is 7.22. The average Bonchev–Trinajstić information content (AvgIpc) is 3.16. The van der Waals surface area contributed by atoms with E-state index in [2.05, 4.69) is 14.9 Å². The zero-order chi connectivity index (χ0) is 20.2. The van der Waals surface area contributed by atoms with Crippen LogP contribution in [0.15, 0.2) is 42.5 Å². The van der Waals surface area contributed by atoms with Crippen LogP contribution in [0.4, 0.5) is 0 Å². The summed E-state index contributed by atoms with van der Waals surface area (Å²) in [6.45, 7) is 3.91. The number of ether oxygens (including phenoxy) is 2. The van der Waals surface area contributed by atoms with Crippen LogP contribution >= 0.6 is 0 Å². The first-order chi connectivity index (χ1) is 14.2. The number of aromatic nitrogens is 2. The van der Waals surface area contributed by atoms with Gasteiger partial charge in [0.15, 0.2) is 11.5 Å². The van der Waals surface area contributed by atoms with Crippen LogP contribution in [-0.4, -0.2) is 66.1 Å². The number of hydrogen-bond donors (Lipinski definition) is 1. The number of rotatable bonds is 6. The van der Waals surface area contributed by atoms with E-state index in [4.69, 9.17) is 9.47 Å². The van der Waals surface area contributed by atoms with Crippen molar-refractivity contribution in [3.63, 3.8) is 0 Å². The van der Waals surface area contributed by atoms with Gasteiger partial charge in [-0.05, 0) is 29.8 Å². The largest absolute Gasteiger partial charge is 0.493 e. The molecule has 0 aliphatic carbocycles. The van der Waals surface area contributed by atoms with Crippen LogP contribution in [0.5, 0.6) is 11.5 Å². The highest BCUT2D eigenvalue weighted by Crippen LogP contribution is 2.28. The number of fused-ring (bicyclic) bond motifs is 1. The Labute approximate surface area is 170 Å². The minimum absolute atomic E-state index is 0.139. The summed E-state index contributed by atoms with van der Waals surface area (Å²) in [4.78, 5) is 25.0. The van der Waals surface area contributed by atoms with E-state index < -0.39 is 0 Å². The van der Waals surface area contributed by atoms with Crippen LogP contribution in [0.3, 0.4) is 0 Å².